The van der Waals surface area contributed by atoms with Gasteiger partial charge in [-0.05, 0) is 12.1 Å². The lowest BCUT2D eigenvalue weighted by Crippen LogP contribution is -2.05. The zero-order valence-electron chi connectivity index (χ0n) is 11.2. The van der Waals surface area contributed by atoms with E-state index in [1.807, 2.05) is 24.3 Å². The molecule has 0 N–H and O–H groups in total. The van der Waals surface area contributed by atoms with Crippen LogP contribution in [0.3, 0.4) is 0 Å². The van der Waals surface area contributed by atoms with E-state index in [1.165, 1.54) is 22.7 Å². The lowest BCUT2D eigenvalue weighted by molar-refractivity contribution is 0.0466. The molecule has 3 rings (SSSR count). The molecule has 0 atom stereocenters. The summed E-state index contributed by atoms with van der Waals surface area (Å²) < 4.78 is 11.3. The van der Waals surface area contributed by atoms with Gasteiger partial charge in [-0.1, -0.05) is 12.1 Å². The third kappa shape index (κ3) is 3.26. The first-order chi connectivity index (χ1) is 10.3. The van der Waals surface area contributed by atoms with Crippen molar-refractivity contribution in [2.45, 2.75) is 13.2 Å². The zero-order valence-corrected chi connectivity index (χ0v) is 12.9. The van der Waals surface area contributed by atoms with Gasteiger partial charge in [0.2, 0.25) is 0 Å². The van der Waals surface area contributed by atoms with Crippen LogP contribution in [0.2, 0.25) is 0 Å². The predicted octanol–water partition coefficient (Wildman–Crippen LogP) is 3.26. The predicted molar refractivity (Wildman–Crippen MR) is 81.6 cm³/mol. The summed E-state index contributed by atoms with van der Waals surface area (Å²) in [4.78, 5) is 20.5. The highest BCUT2D eigenvalue weighted by molar-refractivity contribution is 7.18. The standard InChI is InChI=1S/C14H12N2O3S2/c1-18-6-12-16-10(8-20-12)14(17)19-7-13-15-9-4-2-3-5-11(9)21-13/h2-5,8H,6-7H2,1H3. The number of hydrogen-bond donors (Lipinski definition) is 0. The van der Waals surface area contributed by atoms with Gasteiger partial charge in [-0.2, -0.15) is 0 Å². The average molecular weight is 320 g/mol. The molecule has 0 aliphatic rings. The Labute approximate surface area is 129 Å². The van der Waals surface area contributed by atoms with Crippen molar-refractivity contribution >= 4 is 38.9 Å². The lowest BCUT2D eigenvalue weighted by Gasteiger charge is -1.99. The van der Waals surface area contributed by atoms with Crippen LogP contribution in [0.15, 0.2) is 29.6 Å². The number of carbonyl (C=O) groups excluding carboxylic acids is 1. The van der Waals surface area contributed by atoms with Crippen LogP contribution in [0.5, 0.6) is 0 Å². The van der Waals surface area contributed by atoms with Gasteiger partial charge in [0.1, 0.15) is 16.6 Å². The number of nitrogens with zero attached hydrogens (tertiary/aromatic N) is 2. The van der Waals surface area contributed by atoms with Gasteiger partial charge in [0, 0.05) is 12.5 Å². The van der Waals surface area contributed by atoms with Crippen molar-refractivity contribution in [3.05, 3.63) is 45.4 Å². The maximum absolute atomic E-state index is 11.9. The average Bonchev–Trinajstić information content (AvgIpc) is 3.11. The van der Waals surface area contributed by atoms with E-state index in [0.717, 1.165) is 20.2 Å². The molecule has 0 aliphatic carbocycles. The Balaban J connectivity index is 1.64. The Morgan fingerprint density at radius 3 is 2.86 bits per heavy atom. The van der Waals surface area contributed by atoms with Crippen LogP contribution in [0.1, 0.15) is 20.5 Å². The fourth-order valence-electron chi connectivity index (χ4n) is 1.78. The van der Waals surface area contributed by atoms with Crippen molar-refractivity contribution in [2.75, 3.05) is 7.11 Å². The van der Waals surface area contributed by atoms with E-state index in [4.69, 9.17) is 9.47 Å². The number of hydrogen-bond acceptors (Lipinski definition) is 7. The second-order valence-corrected chi connectivity index (χ2v) is 6.27. The van der Waals surface area contributed by atoms with Crippen molar-refractivity contribution in [1.82, 2.24) is 9.97 Å². The monoisotopic (exact) mass is 320 g/mol. The Morgan fingerprint density at radius 2 is 2.05 bits per heavy atom. The van der Waals surface area contributed by atoms with Gasteiger partial charge in [-0.25, -0.2) is 14.8 Å². The summed E-state index contributed by atoms with van der Waals surface area (Å²) >= 11 is 2.90. The summed E-state index contributed by atoms with van der Waals surface area (Å²) in [6.07, 6.45) is 0. The summed E-state index contributed by atoms with van der Waals surface area (Å²) in [6, 6.07) is 7.83. The number of carbonyl (C=O) groups is 1. The fourth-order valence-corrected chi connectivity index (χ4v) is 3.39. The van der Waals surface area contributed by atoms with Gasteiger partial charge in [0.25, 0.3) is 0 Å². The maximum atomic E-state index is 11.9. The third-order valence-corrected chi connectivity index (χ3v) is 4.53. The van der Waals surface area contributed by atoms with Crippen LogP contribution in [0.4, 0.5) is 0 Å². The van der Waals surface area contributed by atoms with E-state index in [9.17, 15) is 4.79 Å². The van der Waals surface area contributed by atoms with Crippen LogP contribution in [-0.4, -0.2) is 23.0 Å². The number of ether oxygens (including phenoxy) is 2. The minimum Gasteiger partial charge on any atom is -0.454 e. The highest BCUT2D eigenvalue weighted by Crippen LogP contribution is 2.22. The van der Waals surface area contributed by atoms with Crippen molar-refractivity contribution in [3.8, 4) is 0 Å². The second-order valence-electron chi connectivity index (χ2n) is 4.21. The summed E-state index contributed by atoms with van der Waals surface area (Å²) in [5.41, 5.74) is 1.23. The van der Waals surface area contributed by atoms with Gasteiger partial charge in [-0.15, -0.1) is 22.7 Å². The smallest absolute Gasteiger partial charge is 0.358 e. The molecule has 0 saturated carbocycles. The number of para-hydroxylation sites is 1. The molecule has 0 fully saturated rings. The second kappa shape index (κ2) is 6.30. The van der Waals surface area contributed by atoms with E-state index in [0.29, 0.717) is 12.3 Å². The van der Waals surface area contributed by atoms with Crippen molar-refractivity contribution in [3.63, 3.8) is 0 Å². The van der Waals surface area contributed by atoms with Gasteiger partial charge in [0.05, 0.1) is 16.8 Å². The van der Waals surface area contributed by atoms with Crippen molar-refractivity contribution in [2.24, 2.45) is 0 Å². The quantitative estimate of drug-likeness (QED) is 0.675. The van der Waals surface area contributed by atoms with E-state index in [-0.39, 0.29) is 6.61 Å². The number of fused-ring (bicyclic) bond motifs is 1. The normalized spacial score (nSPS) is 10.9. The molecule has 108 valence electrons. The Hall–Kier alpha value is -1.83. The molecule has 21 heavy (non-hydrogen) atoms. The number of benzene rings is 1. The minimum absolute atomic E-state index is 0.162. The molecular formula is C14H12N2O3S2. The molecule has 3 aromatic rings. The van der Waals surface area contributed by atoms with Gasteiger partial charge in [0.15, 0.2) is 5.69 Å². The molecule has 0 unspecified atom stereocenters. The summed E-state index contributed by atoms with van der Waals surface area (Å²) in [7, 11) is 1.59. The lowest BCUT2D eigenvalue weighted by atomic mass is 10.3. The third-order valence-electron chi connectivity index (χ3n) is 2.69. The first-order valence-electron chi connectivity index (χ1n) is 6.21. The van der Waals surface area contributed by atoms with Crippen LogP contribution < -0.4 is 0 Å². The molecule has 5 nitrogen and oxygen atoms in total. The number of aromatic nitrogens is 2. The molecule has 0 spiro atoms. The minimum atomic E-state index is -0.437. The number of esters is 1. The SMILES string of the molecule is COCc1nc(C(=O)OCc2nc3ccccc3s2)cs1. The molecule has 0 radical (unpaired) electrons. The molecule has 7 heteroatoms. The maximum Gasteiger partial charge on any atom is 0.358 e. The number of thiazole rings is 2. The van der Waals surface area contributed by atoms with Gasteiger partial charge >= 0.3 is 5.97 Å². The number of rotatable bonds is 5. The molecule has 0 aliphatic heterocycles. The molecule has 0 saturated heterocycles. The van der Waals surface area contributed by atoms with E-state index >= 15 is 0 Å². The topological polar surface area (TPSA) is 61.3 Å². The zero-order chi connectivity index (χ0) is 14.7. The highest BCUT2D eigenvalue weighted by Gasteiger charge is 2.13. The summed E-state index contributed by atoms with van der Waals surface area (Å²) in [6.45, 7) is 0.561. The first kappa shape index (κ1) is 14.1. The first-order valence-corrected chi connectivity index (χ1v) is 7.91. The van der Waals surface area contributed by atoms with Crippen molar-refractivity contribution in [1.29, 1.82) is 0 Å². The van der Waals surface area contributed by atoms with E-state index in [2.05, 4.69) is 9.97 Å². The van der Waals surface area contributed by atoms with Gasteiger partial charge < -0.3 is 9.47 Å². The largest absolute Gasteiger partial charge is 0.454 e. The van der Waals surface area contributed by atoms with Crippen LogP contribution in [-0.2, 0) is 22.7 Å². The van der Waals surface area contributed by atoms with Crippen LogP contribution >= 0.6 is 22.7 Å². The highest BCUT2D eigenvalue weighted by atomic mass is 32.1. The number of methoxy groups -OCH3 is 1. The Bertz CT molecular complexity index is 733. The van der Waals surface area contributed by atoms with Crippen LogP contribution in [0.25, 0.3) is 10.2 Å². The molecule has 0 bridgehead atoms. The molecule has 1 aromatic carbocycles. The molecular weight excluding hydrogens is 308 g/mol. The Kier molecular flexibility index (Phi) is 4.23. The van der Waals surface area contributed by atoms with Crippen LogP contribution in [0, 0.1) is 0 Å². The summed E-state index contributed by atoms with van der Waals surface area (Å²) in [5, 5.41) is 3.20. The molecule has 2 heterocycles. The summed E-state index contributed by atoms with van der Waals surface area (Å²) in [5.74, 6) is -0.437. The van der Waals surface area contributed by atoms with E-state index < -0.39 is 5.97 Å². The molecule has 0 amide bonds. The fraction of sp³-hybridized carbons (Fsp3) is 0.214. The van der Waals surface area contributed by atoms with Gasteiger partial charge in [-0.3, -0.25) is 0 Å². The molecule has 2 aromatic heterocycles. The van der Waals surface area contributed by atoms with E-state index in [1.54, 1.807) is 12.5 Å². The van der Waals surface area contributed by atoms with Crippen molar-refractivity contribution < 1.29 is 14.3 Å². The Morgan fingerprint density at radius 1 is 1.19 bits per heavy atom.